The summed E-state index contributed by atoms with van der Waals surface area (Å²) >= 11 is 3.44. The molecule has 0 atom stereocenters. The smallest absolute Gasteiger partial charge is 0.123 e. The number of hydrogen-bond donors (Lipinski definition) is 2. The second-order valence-electron chi connectivity index (χ2n) is 4.30. The van der Waals surface area contributed by atoms with E-state index in [1.54, 1.807) is 0 Å². The van der Waals surface area contributed by atoms with Crippen molar-refractivity contribution in [3.05, 3.63) is 27.7 Å². The van der Waals surface area contributed by atoms with Gasteiger partial charge in [-0.1, -0.05) is 15.9 Å². The summed E-state index contributed by atoms with van der Waals surface area (Å²) in [7, 11) is 0. The van der Waals surface area contributed by atoms with Crippen LogP contribution < -0.4 is 5.32 Å². The van der Waals surface area contributed by atoms with Gasteiger partial charge in [0.15, 0.2) is 0 Å². The zero-order valence-corrected chi connectivity index (χ0v) is 10.5. The number of aromatic hydroxyl groups is 1. The van der Waals surface area contributed by atoms with Gasteiger partial charge in [-0.3, -0.25) is 0 Å². The lowest BCUT2D eigenvalue weighted by Crippen LogP contribution is -2.16. The number of halogens is 1. The minimum absolute atomic E-state index is 0.418. The van der Waals surface area contributed by atoms with E-state index in [0.717, 1.165) is 34.6 Å². The van der Waals surface area contributed by atoms with Gasteiger partial charge in [0.2, 0.25) is 0 Å². The molecule has 1 aromatic carbocycles. The zero-order valence-electron chi connectivity index (χ0n) is 8.89. The van der Waals surface area contributed by atoms with Gasteiger partial charge >= 0.3 is 0 Å². The predicted molar refractivity (Wildman–Crippen MR) is 65.0 cm³/mol. The van der Waals surface area contributed by atoms with Crippen molar-refractivity contribution in [3.63, 3.8) is 0 Å². The highest BCUT2D eigenvalue weighted by Crippen LogP contribution is 2.29. The molecule has 1 aliphatic rings. The number of rotatable bonds is 4. The van der Waals surface area contributed by atoms with Crippen molar-refractivity contribution in [2.45, 2.75) is 26.3 Å². The van der Waals surface area contributed by atoms with Crippen LogP contribution in [0.15, 0.2) is 16.6 Å². The standard InChI is InChI=1S/C12H16BrNO/c1-8-4-11(13)5-10(12(8)15)7-14-6-9-2-3-9/h4-5,9,14-15H,2-3,6-7H2,1H3. The molecule has 0 spiro atoms. The summed E-state index contributed by atoms with van der Waals surface area (Å²) in [5.74, 6) is 1.29. The molecule has 0 unspecified atom stereocenters. The third kappa shape index (κ3) is 2.95. The maximum Gasteiger partial charge on any atom is 0.123 e. The Morgan fingerprint density at radius 3 is 2.87 bits per heavy atom. The van der Waals surface area contributed by atoms with Crippen molar-refractivity contribution in [1.82, 2.24) is 5.32 Å². The first kappa shape index (κ1) is 11.0. The molecular weight excluding hydrogens is 254 g/mol. The van der Waals surface area contributed by atoms with Crippen LogP contribution in [-0.4, -0.2) is 11.7 Å². The minimum Gasteiger partial charge on any atom is -0.507 e. The van der Waals surface area contributed by atoms with Crippen molar-refractivity contribution in [2.24, 2.45) is 5.92 Å². The predicted octanol–water partition coefficient (Wildman–Crippen LogP) is 2.96. The first-order valence-corrected chi connectivity index (χ1v) is 6.15. The van der Waals surface area contributed by atoms with Crippen molar-refractivity contribution in [2.75, 3.05) is 6.54 Å². The number of hydrogen-bond acceptors (Lipinski definition) is 2. The summed E-state index contributed by atoms with van der Waals surface area (Å²) in [4.78, 5) is 0. The van der Waals surface area contributed by atoms with E-state index in [4.69, 9.17) is 0 Å². The van der Waals surface area contributed by atoms with Crippen molar-refractivity contribution in [1.29, 1.82) is 0 Å². The second kappa shape index (κ2) is 4.54. The SMILES string of the molecule is Cc1cc(Br)cc(CNCC2CC2)c1O. The van der Waals surface area contributed by atoms with Gasteiger partial charge in [0.1, 0.15) is 5.75 Å². The molecule has 1 saturated carbocycles. The van der Waals surface area contributed by atoms with Crippen LogP contribution in [0.2, 0.25) is 0 Å². The van der Waals surface area contributed by atoms with Gasteiger partial charge in [-0.25, -0.2) is 0 Å². The molecule has 0 saturated heterocycles. The van der Waals surface area contributed by atoms with E-state index in [1.165, 1.54) is 12.8 Å². The van der Waals surface area contributed by atoms with E-state index in [1.807, 2.05) is 19.1 Å². The van der Waals surface area contributed by atoms with E-state index in [9.17, 15) is 5.11 Å². The maximum atomic E-state index is 9.84. The topological polar surface area (TPSA) is 32.3 Å². The van der Waals surface area contributed by atoms with Crippen LogP contribution in [-0.2, 0) is 6.54 Å². The van der Waals surface area contributed by atoms with Gasteiger partial charge in [0.25, 0.3) is 0 Å². The second-order valence-corrected chi connectivity index (χ2v) is 5.22. The molecule has 0 aromatic heterocycles. The molecule has 0 bridgehead atoms. The Hall–Kier alpha value is -0.540. The Bertz CT molecular complexity index is 361. The Labute approximate surface area is 98.8 Å². The lowest BCUT2D eigenvalue weighted by atomic mass is 10.1. The number of nitrogens with one attached hydrogen (secondary N) is 1. The van der Waals surface area contributed by atoms with Crippen LogP contribution in [0.3, 0.4) is 0 Å². The quantitative estimate of drug-likeness (QED) is 0.881. The summed E-state index contributed by atoms with van der Waals surface area (Å²) in [5.41, 5.74) is 1.90. The Morgan fingerprint density at radius 1 is 1.47 bits per heavy atom. The molecule has 1 aliphatic carbocycles. The normalized spacial score (nSPS) is 15.6. The van der Waals surface area contributed by atoms with E-state index in [-0.39, 0.29) is 0 Å². The maximum absolute atomic E-state index is 9.84. The van der Waals surface area contributed by atoms with Gasteiger partial charge in [-0.05, 0) is 49.9 Å². The van der Waals surface area contributed by atoms with Crippen molar-refractivity contribution < 1.29 is 5.11 Å². The molecule has 82 valence electrons. The fourth-order valence-corrected chi connectivity index (χ4v) is 2.29. The van der Waals surface area contributed by atoms with E-state index < -0.39 is 0 Å². The molecule has 2 nitrogen and oxygen atoms in total. The monoisotopic (exact) mass is 269 g/mol. The summed E-state index contributed by atoms with van der Waals surface area (Å²) in [6.07, 6.45) is 2.72. The van der Waals surface area contributed by atoms with Crippen LogP contribution >= 0.6 is 15.9 Å². The molecule has 0 amide bonds. The van der Waals surface area contributed by atoms with Crippen molar-refractivity contribution >= 4 is 15.9 Å². The summed E-state index contributed by atoms with van der Waals surface area (Å²) in [6.45, 7) is 3.75. The van der Waals surface area contributed by atoms with Gasteiger partial charge in [0, 0.05) is 16.6 Å². The van der Waals surface area contributed by atoms with Gasteiger partial charge in [-0.2, -0.15) is 0 Å². The molecule has 0 heterocycles. The fourth-order valence-electron chi connectivity index (χ4n) is 1.67. The van der Waals surface area contributed by atoms with Gasteiger partial charge < -0.3 is 10.4 Å². The Balaban J connectivity index is 1.98. The minimum atomic E-state index is 0.418. The molecule has 0 aliphatic heterocycles. The molecule has 15 heavy (non-hydrogen) atoms. The van der Waals surface area contributed by atoms with Crippen LogP contribution in [0.25, 0.3) is 0 Å². The van der Waals surface area contributed by atoms with Gasteiger partial charge in [0.05, 0.1) is 0 Å². The van der Waals surface area contributed by atoms with Crippen LogP contribution in [0, 0.1) is 12.8 Å². The van der Waals surface area contributed by atoms with Crippen LogP contribution in [0.1, 0.15) is 24.0 Å². The third-order valence-corrected chi connectivity index (χ3v) is 3.25. The average molecular weight is 270 g/mol. The lowest BCUT2D eigenvalue weighted by Gasteiger charge is -2.09. The summed E-state index contributed by atoms with van der Waals surface area (Å²) in [5, 5.41) is 13.2. The van der Waals surface area contributed by atoms with E-state index >= 15 is 0 Å². The van der Waals surface area contributed by atoms with E-state index in [0.29, 0.717) is 5.75 Å². The molecule has 2 N–H and O–H groups in total. The number of aryl methyl sites for hydroxylation is 1. The molecular formula is C12H16BrNO. The molecule has 1 fully saturated rings. The highest BCUT2D eigenvalue weighted by molar-refractivity contribution is 9.10. The number of phenolic OH excluding ortho intramolecular Hbond substituents is 1. The number of phenols is 1. The summed E-state index contributed by atoms with van der Waals surface area (Å²) < 4.78 is 1.03. The van der Waals surface area contributed by atoms with Gasteiger partial charge in [-0.15, -0.1) is 0 Å². The fraction of sp³-hybridized carbons (Fsp3) is 0.500. The number of benzene rings is 1. The van der Waals surface area contributed by atoms with Crippen LogP contribution in [0.5, 0.6) is 5.75 Å². The third-order valence-electron chi connectivity index (χ3n) is 2.79. The molecule has 3 heteroatoms. The van der Waals surface area contributed by atoms with Crippen LogP contribution in [0.4, 0.5) is 0 Å². The molecule has 1 aromatic rings. The molecule has 0 radical (unpaired) electrons. The van der Waals surface area contributed by atoms with E-state index in [2.05, 4.69) is 21.2 Å². The molecule has 2 rings (SSSR count). The highest BCUT2D eigenvalue weighted by atomic mass is 79.9. The zero-order chi connectivity index (χ0) is 10.8. The van der Waals surface area contributed by atoms with Crippen molar-refractivity contribution in [3.8, 4) is 5.75 Å². The largest absolute Gasteiger partial charge is 0.507 e. The summed E-state index contributed by atoms with van der Waals surface area (Å²) in [6, 6.07) is 3.90. The Kier molecular flexibility index (Phi) is 3.32. The first-order chi connectivity index (χ1) is 7.16. The average Bonchev–Trinajstić information content (AvgIpc) is 2.97. The lowest BCUT2D eigenvalue weighted by molar-refractivity contribution is 0.459. The first-order valence-electron chi connectivity index (χ1n) is 5.35. The Morgan fingerprint density at radius 2 is 2.20 bits per heavy atom. The highest BCUT2D eigenvalue weighted by Gasteiger charge is 2.20.